The van der Waals surface area contributed by atoms with Crippen molar-refractivity contribution < 1.29 is 31.1 Å². The Balaban J connectivity index is 1.87. The van der Waals surface area contributed by atoms with Gasteiger partial charge in [0.15, 0.2) is 0 Å². The summed E-state index contributed by atoms with van der Waals surface area (Å²) in [6.07, 6.45) is -6.33. The van der Waals surface area contributed by atoms with Gasteiger partial charge in [-0.1, -0.05) is 24.3 Å². The minimum atomic E-state index is -5.04. The van der Waals surface area contributed by atoms with E-state index in [1.807, 2.05) is 17.6 Å². The molecule has 3 aromatic rings. The van der Waals surface area contributed by atoms with Crippen LogP contribution in [0.1, 0.15) is 50.9 Å². The Hall–Kier alpha value is -3.30. The van der Waals surface area contributed by atoms with E-state index < -0.39 is 41.0 Å². The molecule has 1 aromatic heterocycles. The normalized spacial score (nSPS) is 16.9. The molecule has 0 spiro atoms. The maximum Gasteiger partial charge on any atom is 0.416 e. The van der Waals surface area contributed by atoms with E-state index in [0.29, 0.717) is 36.5 Å². The second-order valence-corrected chi connectivity index (χ2v) is 7.88. The quantitative estimate of drug-likeness (QED) is 0.443. The summed E-state index contributed by atoms with van der Waals surface area (Å²) in [5, 5.41) is 0. The number of carbonyl (C=O) groups excluding carboxylic acids is 1. The van der Waals surface area contributed by atoms with Gasteiger partial charge in [-0.15, -0.1) is 0 Å². The van der Waals surface area contributed by atoms with Crippen molar-refractivity contribution in [3.8, 4) is 0 Å². The van der Waals surface area contributed by atoms with Crippen molar-refractivity contribution >= 4 is 5.91 Å². The number of aromatic nitrogens is 2. The number of alkyl halides is 6. The first kappa shape index (κ1) is 22.9. The Morgan fingerprint density at radius 1 is 0.970 bits per heavy atom. The molecule has 0 saturated carbocycles. The van der Waals surface area contributed by atoms with Crippen molar-refractivity contribution in [2.24, 2.45) is 0 Å². The topological polar surface area (TPSA) is 38.1 Å². The zero-order valence-electron chi connectivity index (χ0n) is 17.4. The molecular formula is C23H19F6N3O. The summed E-state index contributed by atoms with van der Waals surface area (Å²) >= 11 is 0. The van der Waals surface area contributed by atoms with Crippen molar-refractivity contribution in [3.05, 3.63) is 88.5 Å². The Labute approximate surface area is 185 Å². The van der Waals surface area contributed by atoms with E-state index in [1.165, 1.54) is 4.90 Å². The highest BCUT2D eigenvalue weighted by Crippen LogP contribution is 2.38. The van der Waals surface area contributed by atoms with Crippen LogP contribution in [-0.4, -0.2) is 26.9 Å². The Morgan fingerprint density at radius 2 is 1.61 bits per heavy atom. The lowest BCUT2D eigenvalue weighted by Gasteiger charge is -2.31. The molecule has 1 unspecified atom stereocenters. The molecule has 10 heteroatoms. The Morgan fingerprint density at radius 3 is 2.21 bits per heavy atom. The van der Waals surface area contributed by atoms with Gasteiger partial charge in [-0.25, -0.2) is 4.98 Å². The molecule has 1 aliphatic rings. The summed E-state index contributed by atoms with van der Waals surface area (Å²) in [4.78, 5) is 19.2. The fourth-order valence-electron chi connectivity index (χ4n) is 4.10. The number of fused-ring (bicyclic) bond motifs is 1. The highest BCUT2D eigenvalue weighted by Gasteiger charge is 2.39. The Kier molecular flexibility index (Phi) is 5.71. The zero-order chi connectivity index (χ0) is 24.0. The molecule has 1 atom stereocenters. The fraction of sp³-hybridized carbons (Fsp3) is 0.304. The molecular weight excluding hydrogens is 448 g/mol. The number of amides is 1. The third-order valence-corrected chi connectivity index (χ3v) is 5.68. The lowest BCUT2D eigenvalue weighted by molar-refractivity contribution is -0.143. The van der Waals surface area contributed by atoms with Gasteiger partial charge in [0.25, 0.3) is 5.91 Å². The maximum absolute atomic E-state index is 13.5. The van der Waals surface area contributed by atoms with Crippen LogP contribution in [0.3, 0.4) is 0 Å². The highest BCUT2D eigenvalue weighted by molar-refractivity contribution is 5.95. The number of aryl methyl sites for hydroxylation is 2. The van der Waals surface area contributed by atoms with Crippen LogP contribution in [0, 0.1) is 6.92 Å². The van der Waals surface area contributed by atoms with Crippen LogP contribution >= 0.6 is 0 Å². The van der Waals surface area contributed by atoms with Crippen molar-refractivity contribution in [1.29, 1.82) is 0 Å². The number of carbonyl (C=O) groups is 1. The first-order valence-electron chi connectivity index (χ1n) is 10.1. The number of hydrogen-bond acceptors (Lipinski definition) is 2. The minimum absolute atomic E-state index is 0.0186. The molecule has 0 saturated heterocycles. The first-order chi connectivity index (χ1) is 15.5. The lowest BCUT2D eigenvalue weighted by atomic mass is 9.97. The zero-order valence-corrected chi connectivity index (χ0v) is 17.4. The van der Waals surface area contributed by atoms with E-state index in [2.05, 4.69) is 4.98 Å². The van der Waals surface area contributed by atoms with E-state index in [0.717, 1.165) is 5.56 Å². The van der Waals surface area contributed by atoms with Gasteiger partial charge in [-0.05, 0) is 42.7 Å². The van der Waals surface area contributed by atoms with Gasteiger partial charge in [-0.2, -0.15) is 26.3 Å². The average molecular weight is 467 g/mol. The summed E-state index contributed by atoms with van der Waals surface area (Å²) in [5.41, 5.74) is -2.20. The summed E-state index contributed by atoms with van der Waals surface area (Å²) in [7, 11) is 0. The number of rotatable bonds is 2. The maximum atomic E-state index is 13.5. The van der Waals surface area contributed by atoms with Gasteiger partial charge in [0.05, 0.1) is 11.1 Å². The third-order valence-electron chi connectivity index (χ3n) is 5.68. The molecule has 2 aromatic carbocycles. The molecule has 2 heterocycles. The summed E-state index contributed by atoms with van der Waals surface area (Å²) in [6, 6.07) is 7.37. The minimum Gasteiger partial charge on any atom is -0.333 e. The largest absolute Gasteiger partial charge is 0.416 e. The van der Waals surface area contributed by atoms with Crippen LogP contribution < -0.4 is 0 Å². The molecule has 0 radical (unpaired) electrons. The SMILES string of the molecule is Cc1ccccc1C1c2nccn2CCCN1C(=O)c1cc(C(F)(F)F)cc(C(F)(F)F)c1. The average Bonchev–Trinajstić information content (AvgIpc) is 3.12. The van der Waals surface area contributed by atoms with Crippen LogP contribution in [0.4, 0.5) is 26.3 Å². The number of imidazole rings is 1. The molecule has 0 aliphatic carbocycles. The van der Waals surface area contributed by atoms with Gasteiger partial charge in [0.2, 0.25) is 0 Å². The molecule has 4 nitrogen and oxygen atoms in total. The number of halogens is 6. The molecule has 4 rings (SSSR count). The molecule has 0 N–H and O–H groups in total. The third kappa shape index (κ3) is 4.46. The molecule has 1 amide bonds. The number of hydrogen-bond donors (Lipinski definition) is 0. The summed E-state index contributed by atoms with van der Waals surface area (Å²) in [6.45, 7) is 2.47. The van der Waals surface area contributed by atoms with Gasteiger partial charge in [0.1, 0.15) is 11.9 Å². The van der Waals surface area contributed by atoms with E-state index in [4.69, 9.17) is 0 Å². The first-order valence-corrected chi connectivity index (χ1v) is 10.1. The van der Waals surface area contributed by atoms with E-state index >= 15 is 0 Å². The van der Waals surface area contributed by atoms with Gasteiger partial charge in [-0.3, -0.25) is 4.79 Å². The van der Waals surface area contributed by atoms with Crippen LogP contribution in [0.5, 0.6) is 0 Å². The van der Waals surface area contributed by atoms with Crippen LogP contribution in [0.15, 0.2) is 54.9 Å². The number of nitrogens with zero attached hydrogens (tertiary/aromatic N) is 3. The molecule has 174 valence electrons. The van der Waals surface area contributed by atoms with Crippen molar-refractivity contribution in [2.45, 2.75) is 38.3 Å². The van der Waals surface area contributed by atoms with Crippen LogP contribution in [0.25, 0.3) is 0 Å². The van der Waals surface area contributed by atoms with E-state index in [9.17, 15) is 31.1 Å². The number of benzene rings is 2. The van der Waals surface area contributed by atoms with Crippen molar-refractivity contribution in [1.82, 2.24) is 14.5 Å². The Bertz CT molecular complexity index is 1150. The second kappa shape index (κ2) is 8.24. The predicted octanol–water partition coefficient (Wildman–Crippen LogP) is 5.86. The fourth-order valence-corrected chi connectivity index (χ4v) is 4.10. The second-order valence-electron chi connectivity index (χ2n) is 7.88. The van der Waals surface area contributed by atoms with Gasteiger partial charge >= 0.3 is 12.4 Å². The smallest absolute Gasteiger partial charge is 0.333 e. The molecule has 0 bridgehead atoms. The predicted molar refractivity (Wildman–Crippen MR) is 107 cm³/mol. The van der Waals surface area contributed by atoms with Crippen molar-refractivity contribution in [3.63, 3.8) is 0 Å². The molecule has 0 fully saturated rings. The molecule has 33 heavy (non-hydrogen) atoms. The molecule has 1 aliphatic heterocycles. The van der Waals surface area contributed by atoms with E-state index in [-0.39, 0.29) is 12.6 Å². The standard InChI is InChI=1S/C23H19F6N3O/c1-14-5-2-3-6-18(14)19-20-30-7-10-31(20)8-4-9-32(19)21(33)15-11-16(22(24,25)26)13-17(12-15)23(27,28)29/h2-3,5-7,10-13,19H,4,8-9H2,1H3. The summed E-state index contributed by atoms with van der Waals surface area (Å²) in [5.74, 6) is -0.422. The highest BCUT2D eigenvalue weighted by atomic mass is 19.4. The lowest BCUT2D eigenvalue weighted by Crippen LogP contribution is -2.36. The van der Waals surface area contributed by atoms with Gasteiger partial charge in [0, 0.05) is 31.0 Å². The van der Waals surface area contributed by atoms with E-state index in [1.54, 1.807) is 30.6 Å². The summed E-state index contributed by atoms with van der Waals surface area (Å²) < 4.78 is 82.0. The van der Waals surface area contributed by atoms with Crippen LogP contribution in [0.2, 0.25) is 0 Å². The van der Waals surface area contributed by atoms with Crippen LogP contribution in [-0.2, 0) is 18.9 Å². The monoisotopic (exact) mass is 467 g/mol. The van der Waals surface area contributed by atoms with Gasteiger partial charge < -0.3 is 9.47 Å². The van der Waals surface area contributed by atoms with Crippen molar-refractivity contribution in [2.75, 3.05) is 6.54 Å².